The number of fused-ring (bicyclic) bond motifs is 1. The van der Waals surface area contributed by atoms with Crippen LogP contribution in [0.4, 0.5) is 11.4 Å². The van der Waals surface area contributed by atoms with E-state index in [1.807, 2.05) is 18.3 Å². The molecule has 49 heavy (non-hydrogen) atoms. The molecule has 3 fully saturated rings. The number of piperidine rings is 3. The number of hydrogen-bond acceptors (Lipinski definition) is 9. The molecule has 4 aliphatic heterocycles. The molecule has 1 aromatic heterocycles. The minimum Gasteiger partial charge on any atom is -0.496 e. The van der Waals surface area contributed by atoms with E-state index >= 15 is 0 Å². The molecule has 5 heterocycles. The molecule has 2 aromatic carbocycles. The molecule has 3 saturated heterocycles. The van der Waals surface area contributed by atoms with E-state index in [-0.39, 0.29) is 23.4 Å². The molecule has 258 valence electrons. The molecule has 0 radical (unpaired) electrons. The largest absolute Gasteiger partial charge is 0.496 e. The predicted octanol–water partition coefficient (Wildman–Crippen LogP) is 4.35. The standard InChI is InChI=1S/C38H46N6O5/c1-42-22-31(29-20-39-21-30(29)38(42)47)26-18-34(48-2)32(35(19-26)49-3)23-43-14-10-24(11-15-43)25-12-16-44(17-13-25)28-6-4-27(5-7-28)40-33-8-9-36(45)41-37(33)46/h4-7,18-20,22,24-25,33,40H,8-17,21,23H2,1-3H3,(H,41,45,46). The molecule has 11 nitrogen and oxygen atoms in total. The third-order valence-electron chi connectivity index (χ3n) is 10.9. The highest BCUT2D eigenvalue weighted by Crippen LogP contribution is 2.39. The molecule has 7 rings (SSSR count). The Morgan fingerprint density at radius 1 is 0.898 bits per heavy atom. The number of nitrogens with one attached hydrogen (secondary N) is 2. The summed E-state index contributed by atoms with van der Waals surface area (Å²) in [5.74, 6) is 2.61. The maximum atomic E-state index is 12.6. The van der Waals surface area contributed by atoms with Crippen LogP contribution in [0.5, 0.6) is 11.5 Å². The molecule has 0 saturated carbocycles. The first kappa shape index (κ1) is 32.9. The Morgan fingerprint density at radius 3 is 2.18 bits per heavy atom. The number of methoxy groups -OCH3 is 2. The highest BCUT2D eigenvalue weighted by Gasteiger charge is 2.31. The van der Waals surface area contributed by atoms with Gasteiger partial charge in [0.25, 0.3) is 5.56 Å². The fourth-order valence-corrected chi connectivity index (χ4v) is 8.10. The smallest absolute Gasteiger partial charge is 0.256 e. The lowest BCUT2D eigenvalue weighted by atomic mass is 9.78. The first-order valence-corrected chi connectivity index (χ1v) is 17.5. The zero-order valence-corrected chi connectivity index (χ0v) is 28.7. The Labute approximate surface area is 287 Å². The fourth-order valence-electron chi connectivity index (χ4n) is 8.10. The number of aromatic nitrogens is 1. The van der Waals surface area contributed by atoms with E-state index in [1.54, 1.807) is 32.0 Å². The average Bonchev–Trinajstić information content (AvgIpc) is 3.62. The number of rotatable bonds is 9. The number of aryl methyl sites for hydroxylation is 1. The molecular weight excluding hydrogens is 620 g/mol. The number of imide groups is 1. The maximum absolute atomic E-state index is 12.6. The van der Waals surface area contributed by atoms with Crippen LogP contribution < -0.4 is 30.6 Å². The Balaban J connectivity index is 0.934. The molecule has 0 bridgehead atoms. The van der Waals surface area contributed by atoms with Crippen LogP contribution in [0.15, 0.2) is 52.4 Å². The van der Waals surface area contributed by atoms with Gasteiger partial charge in [0.1, 0.15) is 17.5 Å². The predicted molar refractivity (Wildman–Crippen MR) is 191 cm³/mol. The number of benzene rings is 2. The second kappa shape index (κ2) is 14.1. The Kier molecular flexibility index (Phi) is 9.44. The minimum atomic E-state index is -0.370. The minimum absolute atomic E-state index is 0.00590. The summed E-state index contributed by atoms with van der Waals surface area (Å²) in [6.07, 6.45) is 9.34. The summed E-state index contributed by atoms with van der Waals surface area (Å²) in [6, 6.07) is 12.1. The number of nitrogens with zero attached hydrogens (tertiary/aromatic N) is 4. The Morgan fingerprint density at radius 2 is 1.55 bits per heavy atom. The topological polar surface area (TPSA) is 118 Å². The van der Waals surface area contributed by atoms with Crippen molar-refractivity contribution in [3.8, 4) is 22.6 Å². The number of hydrogen-bond donors (Lipinski definition) is 2. The van der Waals surface area contributed by atoms with Crippen LogP contribution in [0.2, 0.25) is 0 Å². The monoisotopic (exact) mass is 666 g/mol. The molecule has 11 heteroatoms. The maximum Gasteiger partial charge on any atom is 0.256 e. The molecular formula is C38H46N6O5. The van der Waals surface area contributed by atoms with Crippen molar-refractivity contribution in [2.24, 2.45) is 23.9 Å². The molecule has 0 spiro atoms. The SMILES string of the molecule is COc1cc(-c2cn(C)c(=O)c3c2C=NC3)cc(OC)c1CN1CCC(C2CCN(c3ccc(NC4CCC(=O)NC4=O)cc3)CC2)CC1. The van der Waals surface area contributed by atoms with Gasteiger partial charge in [-0.25, -0.2) is 0 Å². The van der Waals surface area contributed by atoms with E-state index in [4.69, 9.17) is 9.47 Å². The van der Waals surface area contributed by atoms with Gasteiger partial charge in [0.2, 0.25) is 11.8 Å². The second-order valence-corrected chi connectivity index (χ2v) is 13.8. The lowest BCUT2D eigenvalue weighted by molar-refractivity contribution is -0.133. The summed E-state index contributed by atoms with van der Waals surface area (Å²) in [5, 5.41) is 5.68. The van der Waals surface area contributed by atoms with Crippen LogP contribution in [-0.2, 0) is 29.7 Å². The highest BCUT2D eigenvalue weighted by atomic mass is 16.5. The molecule has 1 unspecified atom stereocenters. The number of carbonyl (C=O) groups is 2. The van der Waals surface area contributed by atoms with Crippen molar-refractivity contribution in [3.05, 3.63) is 69.6 Å². The lowest BCUT2D eigenvalue weighted by Crippen LogP contribution is -2.47. The van der Waals surface area contributed by atoms with E-state index in [2.05, 4.69) is 49.7 Å². The number of likely N-dealkylation sites (tertiary alicyclic amines) is 1. The van der Waals surface area contributed by atoms with Crippen molar-refractivity contribution in [2.45, 2.75) is 57.7 Å². The zero-order valence-electron chi connectivity index (χ0n) is 28.7. The van der Waals surface area contributed by atoms with Crippen molar-refractivity contribution in [2.75, 3.05) is 50.6 Å². The molecule has 4 aliphatic rings. The molecule has 2 amide bonds. The number of carbonyl (C=O) groups excluding carboxylic acids is 2. The van der Waals surface area contributed by atoms with E-state index in [9.17, 15) is 14.4 Å². The van der Waals surface area contributed by atoms with Crippen molar-refractivity contribution < 1.29 is 19.1 Å². The first-order chi connectivity index (χ1) is 23.8. The lowest BCUT2D eigenvalue weighted by Gasteiger charge is -2.41. The number of aliphatic imine (C=N–C) groups is 1. The third kappa shape index (κ3) is 6.81. The molecule has 0 aliphatic carbocycles. The van der Waals surface area contributed by atoms with Gasteiger partial charge in [0.15, 0.2) is 0 Å². The van der Waals surface area contributed by atoms with Gasteiger partial charge in [-0.1, -0.05) is 0 Å². The highest BCUT2D eigenvalue weighted by molar-refractivity contribution is 6.01. The van der Waals surface area contributed by atoms with Gasteiger partial charge in [0, 0.05) is 73.6 Å². The van der Waals surface area contributed by atoms with E-state index in [0.29, 0.717) is 19.4 Å². The van der Waals surface area contributed by atoms with Gasteiger partial charge in [-0.05, 0) is 99.0 Å². The number of anilines is 2. The number of ether oxygens (including phenoxy) is 2. The first-order valence-electron chi connectivity index (χ1n) is 17.5. The van der Waals surface area contributed by atoms with Crippen molar-refractivity contribution in [1.82, 2.24) is 14.8 Å². The Bertz CT molecular complexity index is 1780. The van der Waals surface area contributed by atoms with Crippen molar-refractivity contribution in [3.63, 3.8) is 0 Å². The van der Waals surface area contributed by atoms with Crippen LogP contribution in [0.25, 0.3) is 11.1 Å². The summed E-state index contributed by atoms with van der Waals surface area (Å²) >= 11 is 0. The summed E-state index contributed by atoms with van der Waals surface area (Å²) in [6.45, 7) is 5.38. The zero-order chi connectivity index (χ0) is 34.1. The molecule has 1 atom stereocenters. The molecule has 3 aromatic rings. The van der Waals surface area contributed by atoms with Gasteiger partial charge in [-0.15, -0.1) is 0 Å². The average molecular weight is 667 g/mol. The fraction of sp³-hybridized carbons (Fsp3) is 0.474. The summed E-state index contributed by atoms with van der Waals surface area (Å²) in [7, 11) is 5.20. The quantitative estimate of drug-likeness (QED) is 0.324. The summed E-state index contributed by atoms with van der Waals surface area (Å²) in [5.41, 5.74) is 6.66. The summed E-state index contributed by atoms with van der Waals surface area (Å²) in [4.78, 5) is 45.6. The van der Waals surface area contributed by atoms with Crippen molar-refractivity contribution in [1.29, 1.82) is 0 Å². The normalized spacial score (nSPS) is 20.3. The van der Waals surface area contributed by atoms with Gasteiger partial charge >= 0.3 is 0 Å². The van der Waals surface area contributed by atoms with Gasteiger partial charge in [-0.3, -0.25) is 29.6 Å². The number of pyridine rings is 1. The van der Waals surface area contributed by atoms with Crippen LogP contribution in [0.1, 0.15) is 55.2 Å². The van der Waals surface area contributed by atoms with Gasteiger partial charge < -0.3 is 24.3 Å². The van der Waals surface area contributed by atoms with E-state index in [1.165, 1.54) is 31.4 Å². The third-order valence-corrected chi connectivity index (χ3v) is 10.9. The number of amides is 2. The van der Waals surface area contributed by atoms with E-state index in [0.717, 1.165) is 89.6 Å². The van der Waals surface area contributed by atoms with Crippen LogP contribution in [0, 0.1) is 11.8 Å². The summed E-state index contributed by atoms with van der Waals surface area (Å²) < 4.78 is 13.5. The van der Waals surface area contributed by atoms with Crippen LogP contribution in [-0.4, -0.2) is 73.9 Å². The van der Waals surface area contributed by atoms with Crippen LogP contribution >= 0.6 is 0 Å². The molecule has 2 N–H and O–H groups in total. The van der Waals surface area contributed by atoms with Crippen molar-refractivity contribution >= 4 is 29.4 Å². The van der Waals surface area contributed by atoms with Crippen LogP contribution in [0.3, 0.4) is 0 Å². The van der Waals surface area contributed by atoms with Gasteiger partial charge in [0.05, 0.1) is 26.3 Å². The van der Waals surface area contributed by atoms with Gasteiger partial charge in [-0.2, -0.15) is 0 Å². The Hall–Kier alpha value is -4.64. The van der Waals surface area contributed by atoms with E-state index < -0.39 is 0 Å². The second-order valence-electron chi connectivity index (χ2n) is 13.8.